The van der Waals surface area contributed by atoms with Gasteiger partial charge in [-0.3, -0.25) is 9.69 Å². The molecule has 0 heterocycles. The van der Waals surface area contributed by atoms with E-state index in [-0.39, 0.29) is 29.1 Å². The summed E-state index contributed by atoms with van der Waals surface area (Å²) in [5, 5.41) is 14.3. The lowest BCUT2D eigenvalue weighted by Crippen LogP contribution is -2.55. The lowest BCUT2D eigenvalue weighted by Gasteiger charge is -2.42. The molecule has 0 aromatic heterocycles. The lowest BCUT2D eigenvalue weighted by molar-refractivity contribution is -0.139. The third-order valence-electron chi connectivity index (χ3n) is 3.89. The van der Waals surface area contributed by atoms with Gasteiger partial charge in [-0.2, -0.15) is 0 Å². The molecule has 1 fully saturated rings. The average molecular weight is 388 g/mol. The van der Waals surface area contributed by atoms with Crippen LogP contribution < -0.4 is 10.6 Å². The van der Waals surface area contributed by atoms with Gasteiger partial charge in [-0.25, -0.2) is 9.18 Å². The van der Waals surface area contributed by atoms with Crippen LogP contribution >= 0.6 is 15.9 Å². The van der Waals surface area contributed by atoms with Gasteiger partial charge in [0.2, 0.25) is 0 Å². The molecule has 2 amide bonds. The van der Waals surface area contributed by atoms with E-state index in [0.717, 1.165) is 12.8 Å². The largest absolute Gasteiger partial charge is 0.480 e. The summed E-state index contributed by atoms with van der Waals surface area (Å²) in [6.07, 6.45) is 1.45. The lowest BCUT2D eigenvalue weighted by atomic mass is 9.85. The standard InChI is InChI=1S/C15H19BrFN3O3/c1-2-20(8-14(21)22)11-5-10(6-11)19-15(23)18-9-3-4-13(17)12(16)7-9/h3-4,7,10-11H,2,5-6,8H2,1H3,(H,21,22)(H2,18,19,23). The molecule has 0 atom stereocenters. The van der Waals surface area contributed by atoms with Crippen LogP contribution in [0.3, 0.4) is 0 Å². The molecule has 1 aliphatic carbocycles. The molecule has 0 bridgehead atoms. The summed E-state index contributed by atoms with van der Waals surface area (Å²) in [7, 11) is 0. The summed E-state index contributed by atoms with van der Waals surface area (Å²) >= 11 is 3.06. The van der Waals surface area contributed by atoms with Crippen LogP contribution in [0.4, 0.5) is 14.9 Å². The molecule has 126 valence electrons. The van der Waals surface area contributed by atoms with Crippen molar-refractivity contribution < 1.29 is 19.1 Å². The Labute approximate surface area is 142 Å². The zero-order chi connectivity index (χ0) is 17.0. The van der Waals surface area contributed by atoms with Crippen molar-refractivity contribution in [1.82, 2.24) is 10.2 Å². The summed E-state index contributed by atoms with van der Waals surface area (Å²) in [5.41, 5.74) is 0.493. The summed E-state index contributed by atoms with van der Waals surface area (Å²) in [6.45, 7) is 2.60. The molecular formula is C15H19BrFN3O3. The predicted octanol–water partition coefficient (Wildman–Crippen LogP) is 2.65. The molecule has 1 aromatic rings. The molecule has 1 aromatic carbocycles. The van der Waals surface area contributed by atoms with Crippen molar-refractivity contribution in [3.8, 4) is 0 Å². The molecule has 8 heteroatoms. The Bertz CT molecular complexity index is 593. The number of carboxylic acid groups (broad SMARTS) is 1. The quantitative estimate of drug-likeness (QED) is 0.700. The first-order chi connectivity index (χ1) is 10.9. The van der Waals surface area contributed by atoms with Crippen LogP contribution in [0.1, 0.15) is 19.8 Å². The number of hydrogen-bond donors (Lipinski definition) is 3. The van der Waals surface area contributed by atoms with Gasteiger partial charge in [0.15, 0.2) is 0 Å². The van der Waals surface area contributed by atoms with E-state index in [1.807, 2.05) is 11.8 Å². The SMILES string of the molecule is CCN(CC(=O)O)C1CC(NC(=O)Nc2ccc(F)c(Br)c2)C1. The van der Waals surface area contributed by atoms with Crippen LogP contribution in [0.2, 0.25) is 0 Å². The van der Waals surface area contributed by atoms with Crippen molar-refractivity contribution in [1.29, 1.82) is 0 Å². The zero-order valence-electron chi connectivity index (χ0n) is 12.7. The Morgan fingerprint density at radius 3 is 2.70 bits per heavy atom. The van der Waals surface area contributed by atoms with Gasteiger partial charge in [0.25, 0.3) is 0 Å². The second-order valence-electron chi connectivity index (χ2n) is 5.51. The van der Waals surface area contributed by atoms with Crippen LogP contribution in [0.15, 0.2) is 22.7 Å². The fourth-order valence-electron chi connectivity index (χ4n) is 2.60. The molecule has 0 spiro atoms. The molecular weight excluding hydrogens is 369 g/mol. The zero-order valence-corrected chi connectivity index (χ0v) is 14.3. The third kappa shape index (κ3) is 4.90. The highest BCUT2D eigenvalue weighted by Gasteiger charge is 2.34. The number of urea groups is 1. The van der Waals surface area contributed by atoms with Crippen LogP contribution in [-0.2, 0) is 4.79 Å². The third-order valence-corrected chi connectivity index (χ3v) is 4.49. The molecule has 2 rings (SSSR count). The summed E-state index contributed by atoms with van der Waals surface area (Å²) in [6, 6.07) is 4.09. The number of hydrogen-bond acceptors (Lipinski definition) is 3. The molecule has 0 aliphatic heterocycles. The number of rotatable bonds is 6. The number of amides is 2. The predicted molar refractivity (Wildman–Crippen MR) is 87.9 cm³/mol. The van der Waals surface area contributed by atoms with E-state index < -0.39 is 11.8 Å². The maximum atomic E-state index is 13.1. The first-order valence-electron chi connectivity index (χ1n) is 7.37. The van der Waals surface area contributed by atoms with E-state index in [1.165, 1.54) is 18.2 Å². The highest BCUT2D eigenvalue weighted by molar-refractivity contribution is 9.10. The molecule has 0 radical (unpaired) electrons. The number of carboxylic acids is 1. The van der Waals surface area contributed by atoms with Crippen LogP contribution in [-0.4, -0.2) is 47.2 Å². The van der Waals surface area contributed by atoms with Crippen molar-refractivity contribution >= 4 is 33.6 Å². The number of carbonyl (C=O) groups excluding carboxylic acids is 1. The van der Waals surface area contributed by atoms with Gasteiger partial charge in [-0.05, 0) is 53.5 Å². The van der Waals surface area contributed by atoms with E-state index in [2.05, 4.69) is 26.6 Å². The normalized spacial score (nSPS) is 20.0. The number of nitrogens with zero attached hydrogens (tertiary/aromatic N) is 1. The minimum absolute atomic E-state index is 0.0175. The monoisotopic (exact) mass is 387 g/mol. The molecule has 3 N–H and O–H groups in total. The van der Waals surface area contributed by atoms with Gasteiger partial charge in [0.1, 0.15) is 5.82 Å². The molecule has 1 saturated carbocycles. The second kappa shape index (κ2) is 7.74. The number of aliphatic carboxylic acids is 1. The molecule has 6 nitrogen and oxygen atoms in total. The van der Waals surface area contributed by atoms with E-state index in [0.29, 0.717) is 12.2 Å². The van der Waals surface area contributed by atoms with Gasteiger partial charge < -0.3 is 15.7 Å². The topological polar surface area (TPSA) is 81.7 Å². The van der Waals surface area contributed by atoms with Crippen LogP contribution in [0.5, 0.6) is 0 Å². The van der Waals surface area contributed by atoms with Gasteiger partial charge in [-0.1, -0.05) is 6.92 Å². The fourth-order valence-corrected chi connectivity index (χ4v) is 2.98. The fraction of sp³-hybridized carbons (Fsp3) is 0.467. The second-order valence-corrected chi connectivity index (χ2v) is 6.36. The Morgan fingerprint density at radius 1 is 1.43 bits per heavy atom. The minimum Gasteiger partial charge on any atom is -0.480 e. The maximum Gasteiger partial charge on any atom is 0.319 e. The van der Waals surface area contributed by atoms with E-state index in [9.17, 15) is 14.0 Å². The highest BCUT2D eigenvalue weighted by Crippen LogP contribution is 2.26. The number of carbonyl (C=O) groups is 2. The van der Waals surface area contributed by atoms with E-state index in [4.69, 9.17) is 5.11 Å². The van der Waals surface area contributed by atoms with Gasteiger partial charge in [-0.15, -0.1) is 0 Å². The number of likely N-dealkylation sites (N-methyl/N-ethyl adjacent to an activating group) is 1. The molecule has 0 saturated heterocycles. The number of benzene rings is 1. The Hall–Kier alpha value is -1.67. The highest BCUT2D eigenvalue weighted by atomic mass is 79.9. The average Bonchev–Trinajstić information content (AvgIpc) is 2.44. The van der Waals surface area contributed by atoms with E-state index in [1.54, 1.807) is 0 Å². The first-order valence-corrected chi connectivity index (χ1v) is 8.16. The van der Waals surface area contributed by atoms with Crippen molar-refractivity contribution in [2.45, 2.75) is 31.8 Å². The maximum absolute atomic E-state index is 13.1. The van der Waals surface area contributed by atoms with Gasteiger partial charge >= 0.3 is 12.0 Å². The van der Waals surface area contributed by atoms with Crippen molar-refractivity contribution in [3.05, 3.63) is 28.5 Å². The molecule has 23 heavy (non-hydrogen) atoms. The van der Waals surface area contributed by atoms with Crippen molar-refractivity contribution in [2.75, 3.05) is 18.4 Å². The minimum atomic E-state index is -0.845. The van der Waals surface area contributed by atoms with Gasteiger partial charge in [0.05, 0.1) is 11.0 Å². The first kappa shape index (κ1) is 17.7. The smallest absolute Gasteiger partial charge is 0.319 e. The van der Waals surface area contributed by atoms with Crippen LogP contribution in [0.25, 0.3) is 0 Å². The van der Waals surface area contributed by atoms with Crippen molar-refractivity contribution in [2.24, 2.45) is 0 Å². The van der Waals surface area contributed by atoms with Crippen LogP contribution in [0, 0.1) is 5.82 Å². The Morgan fingerprint density at radius 2 is 2.13 bits per heavy atom. The number of nitrogens with one attached hydrogen (secondary N) is 2. The number of halogens is 2. The Balaban J connectivity index is 1.77. The van der Waals surface area contributed by atoms with Crippen molar-refractivity contribution in [3.63, 3.8) is 0 Å². The van der Waals surface area contributed by atoms with Gasteiger partial charge in [0, 0.05) is 17.8 Å². The molecule has 0 unspecified atom stereocenters. The summed E-state index contributed by atoms with van der Waals surface area (Å²) in [5.74, 6) is -1.24. The number of anilines is 1. The summed E-state index contributed by atoms with van der Waals surface area (Å²) < 4.78 is 13.4. The summed E-state index contributed by atoms with van der Waals surface area (Å²) in [4.78, 5) is 24.6. The Kier molecular flexibility index (Phi) is 5.95. The molecule has 1 aliphatic rings. The van der Waals surface area contributed by atoms with E-state index >= 15 is 0 Å².